The average molecular weight is 299 g/mol. The number of amides is 1. The van der Waals surface area contributed by atoms with Crippen molar-refractivity contribution in [2.24, 2.45) is 11.5 Å². The van der Waals surface area contributed by atoms with Crippen LogP contribution >= 0.6 is 23.4 Å². The number of hydrogen-bond acceptors (Lipinski definition) is 3. The molecule has 104 valence electrons. The molecule has 4 N–H and O–H groups in total. The van der Waals surface area contributed by atoms with Crippen molar-refractivity contribution >= 4 is 29.3 Å². The van der Waals surface area contributed by atoms with E-state index in [-0.39, 0.29) is 5.91 Å². The minimum Gasteiger partial charge on any atom is -0.368 e. The van der Waals surface area contributed by atoms with Crippen LogP contribution in [-0.2, 0) is 10.5 Å². The van der Waals surface area contributed by atoms with Crippen molar-refractivity contribution < 1.29 is 4.79 Å². The number of carbonyl (C=O) groups excluding carboxylic acids is 1. The Morgan fingerprint density at radius 1 is 1.42 bits per heavy atom. The molecule has 1 amide bonds. The maximum Gasteiger partial charge on any atom is 0.237 e. The molecule has 0 aliphatic heterocycles. The van der Waals surface area contributed by atoms with Crippen LogP contribution in [0.3, 0.4) is 0 Å². The number of thioether (sulfide) groups is 1. The first-order valence-corrected chi connectivity index (χ1v) is 7.87. The lowest BCUT2D eigenvalue weighted by Crippen LogP contribution is -2.55. The second-order valence-electron chi connectivity index (χ2n) is 5.18. The molecule has 19 heavy (non-hydrogen) atoms. The number of halogens is 1. The van der Waals surface area contributed by atoms with Gasteiger partial charge in [-0.05, 0) is 43.4 Å². The molecular formula is C14H19ClN2OS. The predicted octanol–water partition coefficient (Wildman–Crippen LogP) is 2.70. The zero-order chi connectivity index (χ0) is 13.9. The van der Waals surface area contributed by atoms with E-state index in [1.165, 1.54) is 5.56 Å². The number of hydrogen-bond donors (Lipinski definition) is 2. The summed E-state index contributed by atoms with van der Waals surface area (Å²) in [7, 11) is 0. The maximum absolute atomic E-state index is 11.4. The quantitative estimate of drug-likeness (QED) is 0.898. The van der Waals surface area contributed by atoms with Crippen LogP contribution in [0.5, 0.6) is 0 Å². The van der Waals surface area contributed by atoms with E-state index in [1.54, 1.807) is 0 Å². The molecule has 2 unspecified atom stereocenters. The molecule has 0 heterocycles. The average Bonchev–Trinajstić information content (AvgIpc) is 2.38. The first-order chi connectivity index (χ1) is 8.99. The summed E-state index contributed by atoms with van der Waals surface area (Å²) in [5.74, 6) is 0.542. The van der Waals surface area contributed by atoms with Gasteiger partial charge in [0.1, 0.15) is 0 Å². The molecule has 2 atom stereocenters. The van der Waals surface area contributed by atoms with Gasteiger partial charge in [-0.2, -0.15) is 11.8 Å². The third kappa shape index (κ3) is 3.88. The van der Waals surface area contributed by atoms with Crippen LogP contribution in [-0.4, -0.2) is 16.7 Å². The molecule has 0 aromatic heterocycles. The van der Waals surface area contributed by atoms with Crippen molar-refractivity contribution in [1.29, 1.82) is 0 Å². The summed E-state index contributed by atoms with van der Waals surface area (Å²) in [4.78, 5) is 11.4. The van der Waals surface area contributed by atoms with Gasteiger partial charge in [-0.3, -0.25) is 4.79 Å². The Kier molecular flexibility index (Phi) is 4.76. The van der Waals surface area contributed by atoms with Crippen LogP contribution < -0.4 is 11.5 Å². The molecule has 1 aliphatic rings. The van der Waals surface area contributed by atoms with Crippen LogP contribution in [0.15, 0.2) is 24.3 Å². The van der Waals surface area contributed by atoms with E-state index in [9.17, 15) is 4.79 Å². The van der Waals surface area contributed by atoms with Gasteiger partial charge in [0.05, 0.1) is 5.54 Å². The summed E-state index contributed by atoms with van der Waals surface area (Å²) in [5.41, 5.74) is 11.9. The Morgan fingerprint density at radius 3 is 2.74 bits per heavy atom. The fraction of sp³-hybridized carbons (Fsp3) is 0.500. The molecule has 0 saturated heterocycles. The number of carbonyl (C=O) groups is 1. The second kappa shape index (κ2) is 6.16. The summed E-state index contributed by atoms with van der Waals surface area (Å²) < 4.78 is 0. The molecule has 0 spiro atoms. The van der Waals surface area contributed by atoms with Gasteiger partial charge < -0.3 is 11.5 Å². The smallest absolute Gasteiger partial charge is 0.237 e. The van der Waals surface area contributed by atoms with Gasteiger partial charge in [-0.15, -0.1) is 0 Å². The van der Waals surface area contributed by atoms with E-state index in [4.69, 9.17) is 23.1 Å². The molecule has 5 heteroatoms. The minimum atomic E-state index is -0.810. The van der Waals surface area contributed by atoms with Crippen molar-refractivity contribution in [2.75, 3.05) is 0 Å². The van der Waals surface area contributed by atoms with Crippen molar-refractivity contribution in [3.63, 3.8) is 0 Å². The summed E-state index contributed by atoms with van der Waals surface area (Å²) in [6.07, 6.45) is 3.46. The van der Waals surface area contributed by atoms with Crippen LogP contribution in [0, 0.1) is 0 Å². The number of rotatable bonds is 4. The Bertz CT molecular complexity index is 451. The monoisotopic (exact) mass is 298 g/mol. The standard InChI is InChI=1S/C14H19ClN2OS/c15-11-5-3-10(4-6-11)9-19-12-2-1-7-14(17,8-12)13(16)18/h3-6,12H,1-2,7-9,17H2,(H2,16,18). The van der Waals surface area contributed by atoms with Gasteiger partial charge in [-0.25, -0.2) is 0 Å². The van der Waals surface area contributed by atoms with Crippen molar-refractivity contribution in [2.45, 2.75) is 42.2 Å². The van der Waals surface area contributed by atoms with Crippen molar-refractivity contribution in [1.82, 2.24) is 0 Å². The van der Waals surface area contributed by atoms with Crippen LogP contribution in [0.2, 0.25) is 5.02 Å². The molecule has 1 aromatic carbocycles. The molecule has 3 nitrogen and oxygen atoms in total. The molecule has 1 fully saturated rings. The lowest BCUT2D eigenvalue weighted by Gasteiger charge is -2.35. The molecular weight excluding hydrogens is 280 g/mol. The van der Waals surface area contributed by atoms with E-state index in [1.807, 2.05) is 36.0 Å². The fourth-order valence-corrected chi connectivity index (χ4v) is 3.91. The second-order valence-corrected chi connectivity index (χ2v) is 6.90. The van der Waals surface area contributed by atoms with E-state index < -0.39 is 5.54 Å². The first kappa shape index (κ1) is 14.7. The molecule has 2 rings (SSSR count). The largest absolute Gasteiger partial charge is 0.368 e. The van der Waals surface area contributed by atoms with Gasteiger partial charge in [0, 0.05) is 16.0 Å². The highest BCUT2D eigenvalue weighted by molar-refractivity contribution is 7.99. The third-order valence-corrected chi connectivity index (χ3v) is 5.26. The van der Waals surface area contributed by atoms with Gasteiger partial charge in [0.15, 0.2) is 0 Å². The topological polar surface area (TPSA) is 69.1 Å². The number of primary amides is 1. The molecule has 1 saturated carbocycles. The van der Waals surface area contributed by atoms with E-state index in [0.29, 0.717) is 18.1 Å². The Hall–Kier alpha value is -0.710. The summed E-state index contributed by atoms with van der Waals surface area (Å²) in [5, 5.41) is 1.16. The first-order valence-electron chi connectivity index (χ1n) is 6.44. The minimum absolute atomic E-state index is 0.371. The van der Waals surface area contributed by atoms with Crippen LogP contribution in [0.25, 0.3) is 0 Å². The lowest BCUT2D eigenvalue weighted by molar-refractivity contribution is -0.124. The Labute approximate surface area is 123 Å². The van der Waals surface area contributed by atoms with E-state index >= 15 is 0 Å². The zero-order valence-electron chi connectivity index (χ0n) is 10.8. The highest BCUT2D eigenvalue weighted by Gasteiger charge is 2.37. The maximum atomic E-state index is 11.4. The summed E-state index contributed by atoms with van der Waals surface area (Å²) >= 11 is 7.70. The molecule has 0 radical (unpaired) electrons. The van der Waals surface area contributed by atoms with Gasteiger partial charge in [0.25, 0.3) is 0 Å². The van der Waals surface area contributed by atoms with Gasteiger partial charge in [-0.1, -0.05) is 23.7 Å². The van der Waals surface area contributed by atoms with Gasteiger partial charge >= 0.3 is 0 Å². The van der Waals surface area contributed by atoms with Crippen molar-refractivity contribution in [3.8, 4) is 0 Å². The summed E-state index contributed by atoms with van der Waals surface area (Å²) in [6, 6.07) is 7.85. The number of benzene rings is 1. The van der Waals surface area contributed by atoms with Gasteiger partial charge in [0.2, 0.25) is 5.91 Å². The van der Waals surface area contributed by atoms with E-state index in [0.717, 1.165) is 23.6 Å². The summed E-state index contributed by atoms with van der Waals surface area (Å²) in [6.45, 7) is 0. The SMILES string of the molecule is NC(=O)C1(N)CCCC(SCc2ccc(Cl)cc2)C1. The molecule has 1 aromatic rings. The van der Waals surface area contributed by atoms with Crippen molar-refractivity contribution in [3.05, 3.63) is 34.9 Å². The Morgan fingerprint density at radius 2 is 2.11 bits per heavy atom. The third-order valence-electron chi connectivity index (χ3n) is 3.63. The lowest BCUT2D eigenvalue weighted by atomic mass is 9.82. The van der Waals surface area contributed by atoms with Crippen LogP contribution in [0.4, 0.5) is 0 Å². The normalized spacial score (nSPS) is 27.2. The Balaban J connectivity index is 1.89. The molecule has 0 bridgehead atoms. The number of nitrogens with two attached hydrogens (primary N) is 2. The van der Waals surface area contributed by atoms with E-state index in [2.05, 4.69) is 0 Å². The predicted molar refractivity (Wildman–Crippen MR) is 81.1 cm³/mol. The fourth-order valence-electron chi connectivity index (χ4n) is 2.42. The molecule has 1 aliphatic carbocycles. The van der Waals surface area contributed by atoms with Crippen LogP contribution in [0.1, 0.15) is 31.2 Å². The zero-order valence-corrected chi connectivity index (χ0v) is 12.3. The highest BCUT2D eigenvalue weighted by Crippen LogP contribution is 2.35. The highest BCUT2D eigenvalue weighted by atomic mass is 35.5.